The van der Waals surface area contributed by atoms with E-state index in [1.54, 1.807) is 29.5 Å². The molecule has 2 aliphatic rings. The number of benzene rings is 2. The maximum Gasteiger partial charge on any atom is 0.341 e. The lowest BCUT2D eigenvalue weighted by atomic mass is 9.88. The highest BCUT2D eigenvalue weighted by Crippen LogP contribution is 2.41. The van der Waals surface area contributed by atoms with Crippen molar-refractivity contribution in [3.63, 3.8) is 0 Å². The molecule has 5 nitrogen and oxygen atoms in total. The van der Waals surface area contributed by atoms with Crippen LogP contribution in [0.2, 0.25) is 0 Å². The van der Waals surface area contributed by atoms with E-state index >= 15 is 0 Å². The molecule has 0 saturated carbocycles. The lowest BCUT2D eigenvalue weighted by molar-refractivity contribution is -0.133. The second kappa shape index (κ2) is 9.70. The molecular formula is C27H25NO4S2. The number of aryl methyl sites for hydroxylation is 1. The minimum Gasteiger partial charge on any atom is -0.342 e. The molecular weight excluding hydrogens is 466 g/mol. The number of thiophene rings is 1. The summed E-state index contributed by atoms with van der Waals surface area (Å²) < 4.78 is 29.5. The van der Waals surface area contributed by atoms with Gasteiger partial charge in [-0.25, -0.2) is 0 Å². The quantitative estimate of drug-likeness (QED) is 0.385. The van der Waals surface area contributed by atoms with E-state index < -0.39 is 16.1 Å². The fourth-order valence-corrected chi connectivity index (χ4v) is 6.45. The maximum absolute atomic E-state index is 12.4. The Bertz CT molecular complexity index is 1380. The molecule has 2 heterocycles. The first-order chi connectivity index (χ1) is 16.5. The molecule has 174 valence electrons. The van der Waals surface area contributed by atoms with Gasteiger partial charge in [0.2, 0.25) is 0 Å². The van der Waals surface area contributed by atoms with Crippen molar-refractivity contribution in [3.05, 3.63) is 92.7 Å². The van der Waals surface area contributed by atoms with E-state index in [-0.39, 0.29) is 11.3 Å². The number of fused-ring (bicyclic) bond motifs is 2. The van der Waals surface area contributed by atoms with Crippen LogP contribution < -0.4 is 5.32 Å². The number of carbonyl (C=O) groups excluding carboxylic acids is 1. The summed E-state index contributed by atoms with van der Waals surface area (Å²) in [7, 11) is -4.10. The predicted molar refractivity (Wildman–Crippen MR) is 136 cm³/mol. The Morgan fingerprint density at radius 1 is 0.941 bits per heavy atom. The van der Waals surface area contributed by atoms with Crippen LogP contribution in [0.4, 0.5) is 0 Å². The molecule has 5 rings (SSSR count). The van der Waals surface area contributed by atoms with E-state index in [4.69, 9.17) is 4.18 Å². The summed E-state index contributed by atoms with van der Waals surface area (Å²) in [5.74, 6) is -0.745. The summed E-state index contributed by atoms with van der Waals surface area (Å²) in [6, 6.07) is 18.4. The first kappa shape index (κ1) is 22.8. The Balaban J connectivity index is 1.38. The van der Waals surface area contributed by atoms with E-state index in [1.807, 2.05) is 0 Å². The molecule has 0 radical (unpaired) electrons. The van der Waals surface area contributed by atoms with Gasteiger partial charge in [-0.2, -0.15) is 8.42 Å². The van der Waals surface area contributed by atoms with Gasteiger partial charge < -0.3 is 9.50 Å². The number of hydrogen-bond donors (Lipinski definition) is 1. The second-order valence-electron chi connectivity index (χ2n) is 8.36. The number of rotatable bonds is 5. The zero-order chi connectivity index (χ0) is 23.5. The third-order valence-electron chi connectivity index (χ3n) is 6.10. The van der Waals surface area contributed by atoms with Gasteiger partial charge in [-0.1, -0.05) is 54.1 Å². The van der Waals surface area contributed by atoms with Crippen LogP contribution >= 0.6 is 11.3 Å². The molecule has 0 amide bonds. The van der Waals surface area contributed by atoms with Crippen molar-refractivity contribution in [1.82, 2.24) is 5.32 Å². The van der Waals surface area contributed by atoms with Crippen LogP contribution in [-0.2, 0) is 25.5 Å². The minimum atomic E-state index is -4.10. The first-order valence-electron chi connectivity index (χ1n) is 11.4. The van der Waals surface area contributed by atoms with Gasteiger partial charge in [-0.15, -0.1) is 11.3 Å². The van der Waals surface area contributed by atoms with Crippen LogP contribution in [0.15, 0.2) is 71.1 Å². The molecule has 0 spiro atoms. The number of nitrogens with one attached hydrogen (secondary N) is 1. The average molecular weight is 492 g/mol. The Morgan fingerprint density at radius 3 is 2.47 bits per heavy atom. The highest BCUT2D eigenvalue weighted by Gasteiger charge is 2.23. The molecule has 1 aromatic heterocycles. The van der Waals surface area contributed by atoms with Crippen molar-refractivity contribution in [2.45, 2.75) is 30.6 Å². The van der Waals surface area contributed by atoms with Gasteiger partial charge >= 0.3 is 16.1 Å². The van der Waals surface area contributed by atoms with Crippen molar-refractivity contribution in [3.8, 4) is 0 Å². The zero-order valence-electron chi connectivity index (χ0n) is 18.6. The number of piperidine rings is 1. The first-order valence-corrected chi connectivity index (χ1v) is 13.6. The van der Waals surface area contributed by atoms with Crippen molar-refractivity contribution in [1.29, 1.82) is 0 Å². The molecule has 7 heteroatoms. The average Bonchev–Trinajstić information content (AvgIpc) is 3.19. The molecule has 1 aliphatic heterocycles. The molecule has 0 atom stereocenters. The fourth-order valence-electron chi connectivity index (χ4n) is 4.46. The molecule has 1 N–H and O–H groups in total. The largest absolute Gasteiger partial charge is 0.342 e. The maximum atomic E-state index is 12.4. The second-order valence-corrected chi connectivity index (χ2v) is 11.1. The Morgan fingerprint density at radius 2 is 1.68 bits per heavy atom. The summed E-state index contributed by atoms with van der Waals surface area (Å²) in [6.45, 7) is 1.95. The monoisotopic (exact) mass is 491 g/mol. The van der Waals surface area contributed by atoms with E-state index in [2.05, 4.69) is 47.8 Å². The Labute approximate surface area is 203 Å². The molecule has 34 heavy (non-hydrogen) atoms. The summed E-state index contributed by atoms with van der Waals surface area (Å²) in [5.41, 5.74) is 6.40. The molecule has 2 aromatic carbocycles. The van der Waals surface area contributed by atoms with Crippen LogP contribution in [0, 0.1) is 0 Å². The van der Waals surface area contributed by atoms with Crippen molar-refractivity contribution >= 4 is 45.1 Å². The highest BCUT2D eigenvalue weighted by molar-refractivity contribution is 7.87. The summed E-state index contributed by atoms with van der Waals surface area (Å²) in [5, 5.41) is 3.44. The molecule has 3 aromatic rings. The van der Waals surface area contributed by atoms with Crippen LogP contribution in [0.1, 0.15) is 45.7 Å². The van der Waals surface area contributed by atoms with E-state index in [0.29, 0.717) is 6.42 Å². The van der Waals surface area contributed by atoms with Gasteiger partial charge in [0.25, 0.3) is 0 Å². The van der Waals surface area contributed by atoms with Crippen molar-refractivity contribution in [2.24, 2.45) is 0 Å². The van der Waals surface area contributed by atoms with Crippen LogP contribution in [-0.4, -0.2) is 27.5 Å². The molecule has 1 fully saturated rings. The third-order valence-corrected chi connectivity index (χ3v) is 8.51. The van der Waals surface area contributed by atoms with Gasteiger partial charge in [0.1, 0.15) is 4.90 Å². The highest BCUT2D eigenvalue weighted by atomic mass is 32.2. The summed E-state index contributed by atoms with van der Waals surface area (Å²) in [6.07, 6.45) is 6.76. The third kappa shape index (κ3) is 4.78. The predicted octanol–water partition coefficient (Wildman–Crippen LogP) is 5.28. The molecule has 1 aliphatic carbocycles. The Hall–Kier alpha value is -3.00. The molecule has 0 bridgehead atoms. The topological polar surface area (TPSA) is 72.5 Å². The standard InChI is InChI=1S/C27H25NO4S2/c29-26(32-34(30,31)22-7-2-1-3-8-22)13-11-21-18-24-25(33-21)12-10-19-6-4-5-9-23(19)27(24)20-14-16-28-17-15-20/h1-10,12,18,28H,11,13-17H2. The normalized spacial score (nSPS) is 15.4. The number of hydrogen-bond acceptors (Lipinski definition) is 6. The SMILES string of the molecule is O=C(CCc1cc2c(s1)C=Cc1ccccc1C2=C1CCNCC1)OS(=O)(=O)c1ccccc1. The fraction of sp³-hybridized carbons (Fsp3) is 0.222. The lowest BCUT2D eigenvalue weighted by Crippen LogP contribution is -2.24. The zero-order valence-corrected chi connectivity index (χ0v) is 20.3. The van der Waals surface area contributed by atoms with E-state index in [9.17, 15) is 13.2 Å². The van der Waals surface area contributed by atoms with Gasteiger partial charge in [0, 0.05) is 15.3 Å². The molecule has 1 saturated heterocycles. The summed E-state index contributed by atoms with van der Waals surface area (Å²) in [4.78, 5) is 14.5. The lowest BCUT2D eigenvalue weighted by Gasteiger charge is -2.21. The van der Waals surface area contributed by atoms with Gasteiger partial charge in [0.15, 0.2) is 0 Å². The van der Waals surface area contributed by atoms with Gasteiger partial charge in [0.05, 0.1) is 6.42 Å². The van der Waals surface area contributed by atoms with Crippen LogP contribution in [0.3, 0.4) is 0 Å². The van der Waals surface area contributed by atoms with Crippen molar-refractivity contribution < 1.29 is 17.4 Å². The van der Waals surface area contributed by atoms with E-state index in [1.165, 1.54) is 40.0 Å². The van der Waals surface area contributed by atoms with Crippen molar-refractivity contribution in [2.75, 3.05) is 13.1 Å². The molecule has 0 unspecified atom stereocenters. The van der Waals surface area contributed by atoms with E-state index in [0.717, 1.165) is 35.7 Å². The van der Waals surface area contributed by atoms with Gasteiger partial charge in [-0.05, 0) is 73.3 Å². The Kier molecular flexibility index (Phi) is 6.50. The van der Waals surface area contributed by atoms with Crippen LogP contribution in [0.5, 0.6) is 0 Å². The summed E-state index contributed by atoms with van der Waals surface area (Å²) >= 11 is 1.65. The minimum absolute atomic E-state index is 0.00157. The van der Waals surface area contributed by atoms with Gasteiger partial charge in [-0.3, -0.25) is 4.79 Å². The number of carbonyl (C=O) groups is 1. The smallest absolute Gasteiger partial charge is 0.341 e. The van der Waals surface area contributed by atoms with Crippen LogP contribution in [0.25, 0.3) is 17.7 Å².